The zero-order valence-electron chi connectivity index (χ0n) is 24.5. The molecule has 4 N–H and O–H groups in total. The number of hydrogen-bond acceptors (Lipinski definition) is 14. The van der Waals surface area contributed by atoms with E-state index in [-0.39, 0.29) is 12.8 Å². The zero-order valence-corrected chi connectivity index (χ0v) is 24.5. The normalized spacial score (nSPS) is 60.7. The Bertz CT molecular complexity index is 1550. The summed E-state index contributed by atoms with van der Waals surface area (Å²) in [5, 5.41) is 50.5. The molecule has 1 aromatic rings. The Morgan fingerprint density at radius 2 is 1.73 bits per heavy atom. The summed E-state index contributed by atoms with van der Waals surface area (Å²) in [6, 6.07) is 1.57. The largest absolute Gasteiger partial charge is 0.472 e. The highest BCUT2D eigenvalue weighted by Crippen LogP contribution is 2.89. The second-order valence-corrected chi connectivity index (χ2v) is 14.8. The molecule has 14 heteroatoms. The smallest absolute Gasteiger partial charge is 0.306 e. The van der Waals surface area contributed by atoms with E-state index >= 15 is 0 Å². The van der Waals surface area contributed by atoms with Gasteiger partial charge in [0.05, 0.1) is 35.9 Å². The van der Waals surface area contributed by atoms with Crippen molar-refractivity contribution in [2.75, 3.05) is 6.61 Å². The molecule has 0 aromatic carbocycles. The van der Waals surface area contributed by atoms with Gasteiger partial charge in [-0.3, -0.25) is 14.4 Å². The van der Waals surface area contributed by atoms with Gasteiger partial charge in [-0.15, -0.1) is 0 Å². The third-order valence-corrected chi connectivity index (χ3v) is 13.3. The maximum absolute atomic E-state index is 13.5. The standard InChI is InChI=1S/C30H34O14/c1-12(31)40-20-18(34)30-26-11-39-16(32)7-14(26)23(2)10-27(26)28(37,21(23)35)22(36)29(30,43-25(4,42-27)44-30)15-8-17(33)41-19(24(15,20)3)13-5-6-38-9-13/h5-6,9,14-15,18-22,34-37H,7-8,10-11H2,1-4H3/t14-,15+,18+,19-,20-,21-,22+,23-,24+,25?,26+,27+,28-,29+,30-/m0/s1. The summed E-state index contributed by atoms with van der Waals surface area (Å²) in [6.07, 6.45) is -5.94. The van der Waals surface area contributed by atoms with E-state index in [1.807, 2.05) is 0 Å². The van der Waals surface area contributed by atoms with Crippen LogP contribution in [0.5, 0.6) is 0 Å². The molecule has 8 aliphatic rings. The third kappa shape index (κ3) is 2.26. The van der Waals surface area contributed by atoms with Gasteiger partial charge in [0, 0.05) is 37.2 Å². The number of furan rings is 1. The molecule has 14 nitrogen and oxygen atoms in total. The molecule has 1 aromatic heterocycles. The topological polar surface area (TPSA) is 201 Å². The highest BCUT2D eigenvalue weighted by Gasteiger charge is 3.06. The van der Waals surface area contributed by atoms with E-state index in [0.29, 0.717) is 5.56 Å². The van der Waals surface area contributed by atoms with Crippen molar-refractivity contribution in [3.05, 3.63) is 24.2 Å². The van der Waals surface area contributed by atoms with Crippen molar-refractivity contribution < 1.29 is 67.6 Å². The minimum atomic E-state index is -2.42. The van der Waals surface area contributed by atoms with E-state index in [1.165, 1.54) is 26.4 Å². The number of carbonyl (C=O) groups excluding carboxylic acids is 3. The van der Waals surface area contributed by atoms with Gasteiger partial charge in [-0.25, -0.2) is 0 Å². The summed E-state index contributed by atoms with van der Waals surface area (Å²) in [4.78, 5) is 39.2. The van der Waals surface area contributed by atoms with Crippen LogP contribution in [0.2, 0.25) is 0 Å². The van der Waals surface area contributed by atoms with Crippen molar-refractivity contribution in [1.29, 1.82) is 0 Å². The number of ether oxygens (including phenoxy) is 6. The van der Waals surface area contributed by atoms with Crippen LogP contribution >= 0.6 is 0 Å². The average molecular weight is 619 g/mol. The summed E-state index contributed by atoms with van der Waals surface area (Å²) >= 11 is 0. The molecule has 238 valence electrons. The van der Waals surface area contributed by atoms with E-state index < -0.39 is 118 Å². The molecule has 4 saturated heterocycles. The van der Waals surface area contributed by atoms with Crippen LogP contribution < -0.4 is 0 Å². The first-order valence-electron chi connectivity index (χ1n) is 15.0. The molecule has 1 unspecified atom stereocenters. The van der Waals surface area contributed by atoms with Crippen molar-refractivity contribution in [1.82, 2.24) is 0 Å². The van der Waals surface area contributed by atoms with Gasteiger partial charge >= 0.3 is 17.9 Å². The Balaban J connectivity index is 1.41. The summed E-state index contributed by atoms with van der Waals surface area (Å²) in [5.41, 5.74) is -12.5. The molecule has 8 fully saturated rings. The van der Waals surface area contributed by atoms with Gasteiger partial charge in [0.1, 0.15) is 53.4 Å². The number of cyclic esters (lactones) is 2. The molecule has 4 aliphatic heterocycles. The van der Waals surface area contributed by atoms with Crippen LogP contribution in [-0.2, 0) is 42.8 Å². The van der Waals surface area contributed by atoms with Crippen molar-refractivity contribution in [2.24, 2.45) is 28.1 Å². The molecule has 4 saturated carbocycles. The van der Waals surface area contributed by atoms with E-state index in [9.17, 15) is 34.8 Å². The minimum absolute atomic E-state index is 0.0251. The Morgan fingerprint density at radius 3 is 2.41 bits per heavy atom. The maximum atomic E-state index is 13.5. The molecule has 3 spiro atoms. The highest BCUT2D eigenvalue weighted by atomic mass is 16.9. The lowest BCUT2D eigenvalue weighted by Crippen LogP contribution is -2.98. The number of aliphatic hydroxyl groups is 4. The van der Waals surface area contributed by atoms with Gasteiger partial charge in [-0.2, -0.15) is 0 Å². The van der Waals surface area contributed by atoms with E-state index in [2.05, 4.69) is 0 Å². The molecular formula is C30H34O14. The number of rotatable bonds is 2. The molecule has 0 radical (unpaired) electrons. The Kier molecular flexibility index (Phi) is 4.63. The molecule has 44 heavy (non-hydrogen) atoms. The van der Waals surface area contributed by atoms with E-state index in [0.717, 1.165) is 0 Å². The fourth-order valence-electron chi connectivity index (χ4n) is 12.3. The molecule has 9 rings (SSSR count). The van der Waals surface area contributed by atoms with Crippen molar-refractivity contribution in [2.45, 2.75) is 106 Å². The van der Waals surface area contributed by atoms with Crippen LogP contribution in [-0.4, -0.2) is 97.7 Å². The van der Waals surface area contributed by atoms with Crippen LogP contribution in [0.3, 0.4) is 0 Å². The fraction of sp³-hybridized carbons (Fsp3) is 0.767. The van der Waals surface area contributed by atoms with Gasteiger partial charge < -0.3 is 53.3 Å². The second kappa shape index (κ2) is 7.35. The van der Waals surface area contributed by atoms with Crippen molar-refractivity contribution >= 4 is 17.9 Å². The number of hydrogen-bond donors (Lipinski definition) is 4. The predicted octanol–water partition coefficient (Wildman–Crippen LogP) is -0.397. The van der Waals surface area contributed by atoms with Crippen molar-refractivity contribution in [3.8, 4) is 0 Å². The first-order valence-corrected chi connectivity index (χ1v) is 15.0. The highest BCUT2D eigenvalue weighted by molar-refractivity contribution is 5.74. The first-order chi connectivity index (χ1) is 20.6. The summed E-state index contributed by atoms with van der Waals surface area (Å²) in [5.74, 6) is -5.99. The van der Waals surface area contributed by atoms with Crippen LogP contribution in [0.25, 0.3) is 0 Å². The summed E-state index contributed by atoms with van der Waals surface area (Å²) in [7, 11) is 0. The molecular weight excluding hydrogens is 584 g/mol. The summed E-state index contributed by atoms with van der Waals surface area (Å²) < 4.78 is 43.0. The summed E-state index contributed by atoms with van der Waals surface area (Å²) in [6.45, 7) is 5.58. The van der Waals surface area contributed by atoms with E-state index in [1.54, 1.807) is 19.9 Å². The van der Waals surface area contributed by atoms with Gasteiger partial charge in [-0.1, -0.05) is 13.8 Å². The first kappa shape index (κ1) is 27.7. The van der Waals surface area contributed by atoms with Gasteiger partial charge in [0.2, 0.25) is 0 Å². The number of aliphatic hydroxyl groups excluding tert-OH is 3. The predicted molar refractivity (Wildman–Crippen MR) is 136 cm³/mol. The average Bonchev–Trinajstić information content (AvgIpc) is 3.66. The lowest BCUT2D eigenvalue weighted by molar-refractivity contribution is -0.500. The fourth-order valence-corrected chi connectivity index (χ4v) is 12.3. The van der Waals surface area contributed by atoms with E-state index in [4.69, 9.17) is 32.8 Å². The van der Waals surface area contributed by atoms with Crippen LogP contribution in [0, 0.1) is 28.1 Å². The minimum Gasteiger partial charge on any atom is -0.472 e. The molecule has 5 heterocycles. The quantitative estimate of drug-likeness (QED) is 0.246. The Morgan fingerprint density at radius 1 is 1.00 bits per heavy atom. The Hall–Kier alpha value is -2.59. The Labute approximate surface area is 250 Å². The maximum Gasteiger partial charge on any atom is 0.306 e. The zero-order chi connectivity index (χ0) is 31.3. The van der Waals surface area contributed by atoms with Gasteiger partial charge in [0.15, 0.2) is 0 Å². The molecule has 0 amide bonds. The lowest BCUT2D eigenvalue weighted by Gasteiger charge is -2.78. The molecule has 4 bridgehead atoms. The van der Waals surface area contributed by atoms with Crippen LogP contribution in [0.4, 0.5) is 0 Å². The lowest BCUT2D eigenvalue weighted by atomic mass is 9.32. The molecule has 15 atom stereocenters. The molecule has 4 aliphatic carbocycles. The van der Waals surface area contributed by atoms with Crippen LogP contribution in [0.15, 0.2) is 23.0 Å². The number of esters is 3. The monoisotopic (exact) mass is 618 g/mol. The second-order valence-electron chi connectivity index (χ2n) is 14.8. The van der Waals surface area contributed by atoms with Crippen molar-refractivity contribution in [3.63, 3.8) is 0 Å². The van der Waals surface area contributed by atoms with Gasteiger partial charge in [0.25, 0.3) is 5.97 Å². The number of fused-ring (bicyclic) bond motifs is 4. The SMILES string of the molecule is CC(=O)O[C@H]1[C@@H](O)[C@@]23OC4(C)O[C@]2([C@@H]2CC(=O)O[C@@H](c5ccoc5)[C@@]21C)[C@H](O)[C@@]1(O)[C@@H](O)[C@@]2(C)C[C@@]1(O4)[C@]31COC(=O)C[C@@H]21. The van der Waals surface area contributed by atoms with Gasteiger partial charge in [-0.05, 0) is 18.4 Å². The number of carbonyl (C=O) groups is 3. The van der Waals surface area contributed by atoms with Crippen LogP contribution in [0.1, 0.15) is 58.6 Å². The third-order valence-electron chi connectivity index (χ3n) is 13.3.